The van der Waals surface area contributed by atoms with Gasteiger partial charge in [0.15, 0.2) is 11.6 Å². The molecule has 0 aliphatic carbocycles. The Balaban J connectivity index is 0.000000317. The summed E-state index contributed by atoms with van der Waals surface area (Å²) >= 11 is 0. The van der Waals surface area contributed by atoms with Gasteiger partial charge in [0.25, 0.3) is 5.09 Å². The molecule has 0 atom stereocenters. The Morgan fingerprint density at radius 1 is 1.47 bits per heavy atom. The Morgan fingerprint density at radius 3 is 2.41 bits per heavy atom. The number of hydrogen-bond acceptors (Lipinski definition) is 8. The number of anilines is 2. The maximum absolute atomic E-state index is 8.36. The van der Waals surface area contributed by atoms with Crippen molar-refractivity contribution in [1.82, 2.24) is 25.1 Å². The fourth-order valence-electron chi connectivity index (χ4n) is 0.967. The van der Waals surface area contributed by atoms with Crippen LogP contribution in [0.15, 0.2) is 6.20 Å². The number of nitrogen functional groups attached to an aromatic ring is 3. The van der Waals surface area contributed by atoms with E-state index in [9.17, 15) is 0 Å². The topological polar surface area (TPSA) is 201 Å². The van der Waals surface area contributed by atoms with Crippen LogP contribution < -0.4 is 17.3 Å². The molecule has 0 unspecified atom stereocenters. The zero-order valence-electron chi connectivity index (χ0n) is 8.31. The van der Waals surface area contributed by atoms with Crippen molar-refractivity contribution >= 4 is 11.8 Å². The lowest BCUT2D eigenvalue weighted by molar-refractivity contribution is -0.742. The maximum atomic E-state index is 8.36. The van der Waals surface area contributed by atoms with E-state index in [1.54, 1.807) is 6.20 Å². The van der Waals surface area contributed by atoms with Crippen molar-refractivity contribution in [3.8, 4) is 11.4 Å². The molecule has 12 heteroatoms. The molecule has 2 rings (SSSR count). The molecule has 0 saturated carbocycles. The molecule has 2 aromatic rings. The first-order chi connectivity index (χ1) is 7.93. The van der Waals surface area contributed by atoms with Crippen LogP contribution in [0.25, 0.3) is 11.4 Å². The first kappa shape index (κ1) is 12.0. The molecule has 0 saturated heterocycles. The standard InChI is InChI=1S/C5H8N8.HNO3/c6-3-2(1-9-10-3)4-11-12-5(7)13(4)8;2-1(3)4/h1H,8H2,(H2,7,12)(H3,6,9,10);(H,2,3,4). The molecule has 17 heavy (non-hydrogen) atoms. The smallest absolute Gasteiger partial charge is 0.291 e. The predicted molar refractivity (Wildman–Crippen MR) is 55.4 cm³/mol. The first-order valence-corrected chi connectivity index (χ1v) is 4.02. The van der Waals surface area contributed by atoms with E-state index in [1.165, 1.54) is 0 Å². The minimum atomic E-state index is -1.50. The summed E-state index contributed by atoms with van der Waals surface area (Å²) in [5.41, 5.74) is 11.5. The normalized spacial score (nSPS) is 9.41. The average Bonchev–Trinajstić information content (AvgIpc) is 2.75. The van der Waals surface area contributed by atoms with Gasteiger partial charge in [0.05, 0.1) is 5.56 Å². The zero-order valence-corrected chi connectivity index (χ0v) is 8.31. The van der Waals surface area contributed by atoms with E-state index in [-0.39, 0.29) is 5.95 Å². The van der Waals surface area contributed by atoms with Gasteiger partial charge >= 0.3 is 0 Å². The highest BCUT2D eigenvalue weighted by Gasteiger charge is 2.13. The molecule has 2 aromatic heterocycles. The third kappa shape index (κ3) is 2.71. The van der Waals surface area contributed by atoms with Gasteiger partial charge in [-0.2, -0.15) is 5.10 Å². The van der Waals surface area contributed by atoms with Gasteiger partial charge in [-0.1, -0.05) is 0 Å². The monoisotopic (exact) mass is 243 g/mol. The Kier molecular flexibility index (Phi) is 3.29. The number of aromatic nitrogens is 5. The Bertz CT molecular complexity index is 512. The molecular formula is C5H9N9O3. The van der Waals surface area contributed by atoms with Crippen molar-refractivity contribution in [2.24, 2.45) is 0 Å². The molecule has 92 valence electrons. The Labute approximate surface area is 93.1 Å². The summed E-state index contributed by atoms with van der Waals surface area (Å²) < 4.78 is 1.14. The highest BCUT2D eigenvalue weighted by Crippen LogP contribution is 2.20. The van der Waals surface area contributed by atoms with Gasteiger partial charge < -0.3 is 22.5 Å². The van der Waals surface area contributed by atoms with Crippen molar-refractivity contribution in [1.29, 1.82) is 0 Å². The van der Waals surface area contributed by atoms with Gasteiger partial charge in [-0.05, 0) is 0 Å². The lowest BCUT2D eigenvalue weighted by atomic mass is 10.3. The number of nitrogens with one attached hydrogen (secondary N) is 1. The van der Waals surface area contributed by atoms with Gasteiger partial charge in [0.2, 0.25) is 5.95 Å². The SMILES string of the molecule is Nc1n[nH]cc1-c1nnc(N)n1N.O=[N+]([O-])O. The number of aromatic amines is 1. The largest absolute Gasteiger partial charge is 0.382 e. The van der Waals surface area contributed by atoms with E-state index in [0.29, 0.717) is 17.2 Å². The van der Waals surface area contributed by atoms with E-state index in [2.05, 4.69) is 20.4 Å². The summed E-state index contributed by atoms with van der Waals surface area (Å²) in [6.07, 6.45) is 1.57. The molecule has 0 fully saturated rings. The van der Waals surface area contributed by atoms with Gasteiger partial charge in [-0.15, -0.1) is 20.3 Å². The third-order valence-electron chi connectivity index (χ3n) is 1.63. The van der Waals surface area contributed by atoms with Crippen LogP contribution in [0, 0.1) is 10.1 Å². The van der Waals surface area contributed by atoms with Crippen molar-refractivity contribution < 1.29 is 10.3 Å². The molecule has 0 aromatic carbocycles. The lowest BCUT2D eigenvalue weighted by Gasteiger charge is -1.97. The number of hydrogen-bond donors (Lipinski definition) is 5. The molecule has 0 bridgehead atoms. The van der Waals surface area contributed by atoms with Crippen LogP contribution in [0.5, 0.6) is 0 Å². The van der Waals surface area contributed by atoms with Crippen molar-refractivity contribution in [3.05, 3.63) is 16.3 Å². The maximum Gasteiger partial charge on any atom is 0.291 e. The molecule has 2 heterocycles. The average molecular weight is 243 g/mol. The van der Waals surface area contributed by atoms with Crippen LogP contribution >= 0.6 is 0 Å². The lowest BCUT2D eigenvalue weighted by Crippen LogP contribution is -2.13. The number of nitrogens with two attached hydrogens (primary N) is 3. The molecular weight excluding hydrogens is 234 g/mol. The van der Waals surface area contributed by atoms with E-state index in [0.717, 1.165) is 4.68 Å². The quantitative estimate of drug-likeness (QED) is 0.217. The summed E-state index contributed by atoms with van der Waals surface area (Å²) in [5, 5.41) is 27.3. The van der Waals surface area contributed by atoms with Gasteiger partial charge in [0, 0.05) is 6.20 Å². The summed E-state index contributed by atoms with van der Waals surface area (Å²) in [7, 11) is 0. The van der Waals surface area contributed by atoms with E-state index in [4.69, 9.17) is 32.6 Å². The molecule has 8 N–H and O–H groups in total. The fourth-order valence-corrected chi connectivity index (χ4v) is 0.967. The third-order valence-corrected chi connectivity index (χ3v) is 1.63. The van der Waals surface area contributed by atoms with E-state index >= 15 is 0 Å². The number of H-pyrrole nitrogens is 1. The molecule has 0 radical (unpaired) electrons. The van der Waals surface area contributed by atoms with Crippen molar-refractivity contribution in [2.75, 3.05) is 17.3 Å². The minimum Gasteiger partial charge on any atom is -0.382 e. The molecule has 12 nitrogen and oxygen atoms in total. The van der Waals surface area contributed by atoms with E-state index in [1.807, 2.05) is 0 Å². The van der Waals surface area contributed by atoms with Crippen molar-refractivity contribution in [2.45, 2.75) is 0 Å². The summed E-state index contributed by atoms with van der Waals surface area (Å²) in [5.74, 6) is 6.34. The number of nitrogens with zero attached hydrogens (tertiary/aromatic N) is 5. The second-order valence-electron chi connectivity index (χ2n) is 2.67. The van der Waals surface area contributed by atoms with Crippen LogP contribution in [0.1, 0.15) is 0 Å². The van der Waals surface area contributed by atoms with Crippen LogP contribution in [0.2, 0.25) is 0 Å². The summed E-state index contributed by atoms with van der Waals surface area (Å²) in [6, 6.07) is 0. The van der Waals surface area contributed by atoms with Crippen LogP contribution in [-0.2, 0) is 0 Å². The predicted octanol–water partition coefficient (Wildman–Crippen LogP) is -1.80. The van der Waals surface area contributed by atoms with Gasteiger partial charge in [-0.25, -0.2) is 4.68 Å². The fraction of sp³-hybridized carbons (Fsp3) is 0. The molecule has 0 amide bonds. The first-order valence-electron chi connectivity index (χ1n) is 4.02. The van der Waals surface area contributed by atoms with Crippen LogP contribution in [0.3, 0.4) is 0 Å². The van der Waals surface area contributed by atoms with Crippen molar-refractivity contribution in [3.63, 3.8) is 0 Å². The molecule has 0 aliphatic heterocycles. The van der Waals surface area contributed by atoms with E-state index < -0.39 is 5.09 Å². The molecule has 0 spiro atoms. The molecule has 0 aliphatic rings. The Morgan fingerprint density at radius 2 is 2.06 bits per heavy atom. The second kappa shape index (κ2) is 4.65. The van der Waals surface area contributed by atoms with Gasteiger partial charge in [0.1, 0.15) is 0 Å². The zero-order chi connectivity index (χ0) is 13.0. The van der Waals surface area contributed by atoms with Gasteiger partial charge in [-0.3, -0.25) is 5.10 Å². The minimum absolute atomic E-state index is 0.121. The number of rotatable bonds is 1. The highest BCUT2D eigenvalue weighted by atomic mass is 16.9. The highest BCUT2D eigenvalue weighted by molar-refractivity contribution is 5.68. The summed E-state index contributed by atoms with van der Waals surface area (Å²) in [6.45, 7) is 0. The summed E-state index contributed by atoms with van der Waals surface area (Å²) in [4.78, 5) is 8.36. The Hall–Kier alpha value is -3.05. The second-order valence-corrected chi connectivity index (χ2v) is 2.67. The van der Waals surface area contributed by atoms with Crippen LogP contribution in [0.4, 0.5) is 11.8 Å². The van der Waals surface area contributed by atoms with Crippen LogP contribution in [-0.4, -0.2) is 35.4 Å².